The van der Waals surface area contributed by atoms with E-state index in [1.165, 1.54) is 0 Å². The molecule has 5 atom stereocenters. The SMILES string of the molecule is C[C@@H](c1ccc(C#N)cc1)N1C(=O)C2CC1CN2CC(N)C(=O)N1CCCC1C#N. The number of hydrogen-bond donors (Lipinski definition) is 1. The summed E-state index contributed by atoms with van der Waals surface area (Å²) in [4.78, 5) is 31.3. The molecule has 3 heterocycles. The minimum atomic E-state index is -0.726. The Morgan fingerprint density at radius 2 is 2.03 bits per heavy atom. The van der Waals surface area contributed by atoms with Crippen LogP contribution in [0.15, 0.2) is 24.3 Å². The lowest BCUT2D eigenvalue weighted by Crippen LogP contribution is -2.56. The van der Waals surface area contributed by atoms with E-state index in [-0.39, 0.29) is 36.0 Å². The van der Waals surface area contributed by atoms with Crippen LogP contribution in [0, 0.1) is 22.7 Å². The fraction of sp³-hybridized carbons (Fsp3) is 0.545. The summed E-state index contributed by atoms with van der Waals surface area (Å²) in [6.45, 7) is 3.61. The number of amides is 2. The Morgan fingerprint density at radius 3 is 2.67 bits per heavy atom. The molecule has 0 aromatic heterocycles. The predicted octanol–water partition coefficient (Wildman–Crippen LogP) is 0.746. The van der Waals surface area contributed by atoms with Crippen LogP contribution in [0.25, 0.3) is 0 Å². The van der Waals surface area contributed by atoms with Gasteiger partial charge in [-0.2, -0.15) is 10.5 Å². The molecule has 4 unspecified atom stereocenters. The summed E-state index contributed by atoms with van der Waals surface area (Å²) in [7, 11) is 0. The summed E-state index contributed by atoms with van der Waals surface area (Å²) in [6.07, 6.45) is 2.26. The van der Waals surface area contributed by atoms with Crippen LogP contribution >= 0.6 is 0 Å². The molecule has 1 aromatic carbocycles. The third-order valence-electron chi connectivity index (χ3n) is 6.69. The molecule has 8 heteroatoms. The van der Waals surface area contributed by atoms with E-state index in [1.807, 2.05) is 28.9 Å². The van der Waals surface area contributed by atoms with Gasteiger partial charge in [0.2, 0.25) is 11.8 Å². The van der Waals surface area contributed by atoms with Gasteiger partial charge in [-0.1, -0.05) is 12.1 Å². The molecular formula is C22H26N6O2. The zero-order valence-electron chi connectivity index (χ0n) is 17.1. The summed E-state index contributed by atoms with van der Waals surface area (Å²) in [6, 6.07) is 10.3. The lowest BCUT2D eigenvalue weighted by molar-refractivity contribution is -0.140. The molecule has 0 radical (unpaired) electrons. The Balaban J connectivity index is 1.39. The molecule has 2 amide bonds. The first-order valence-corrected chi connectivity index (χ1v) is 10.5. The molecule has 30 heavy (non-hydrogen) atoms. The lowest BCUT2D eigenvalue weighted by atomic mass is 10.0. The largest absolute Gasteiger partial charge is 0.330 e. The molecule has 3 aliphatic heterocycles. The third-order valence-corrected chi connectivity index (χ3v) is 6.69. The van der Waals surface area contributed by atoms with Crippen LogP contribution < -0.4 is 5.73 Å². The van der Waals surface area contributed by atoms with Crippen LogP contribution in [0.5, 0.6) is 0 Å². The summed E-state index contributed by atoms with van der Waals surface area (Å²) in [5.41, 5.74) is 7.79. The highest BCUT2D eigenvalue weighted by molar-refractivity contribution is 5.87. The first-order valence-electron chi connectivity index (χ1n) is 10.5. The van der Waals surface area contributed by atoms with Gasteiger partial charge in [0.1, 0.15) is 6.04 Å². The van der Waals surface area contributed by atoms with Gasteiger partial charge in [-0.25, -0.2) is 0 Å². The maximum atomic E-state index is 13.1. The van der Waals surface area contributed by atoms with Crippen LogP contribution in [0.3, 0.4) is 0 Å². The molecule has 0 spiro atoms. The molecule has 2 bridgehead atoms. The van der Waals surface area contributed by atoms with Crippen LogP contribution in [0.1, 0.15) is 43.4 Å². The minimum Gasteiger partial charge on any atom is -0.330 e. The number of carbonyl (C=O) groups excluding carboxylic acids is 2. The van der Waals surface area contributed by atoms with Crippen molar-refractivity contribution in [3.05, 3.63) is 35.4 Å². The van der Waals surface area contributed by atoms with E-state index in [9.17, 15) is 14.9 Å². The fourth-order valence-electron chi connectivity index (χ4n) is 5.10. The number of nitriles is 2. The number of hydrogen-bond acceptors (Lipinski definition) is 6. The molecule has 1 aromatic rings. The number of nitrogens with two attached hydrogens (primary N) is 1. The number of carbonyl (C=O) groups is 2. The number of fused-ring (bicyclic) bond motifs is 2. The standard InChI is InChI=1S/C22H26N6O2/c1-14(16-6-4-15(10-23)5-7-16)28-18-9-20(22(28)30)26(12-18)13-19(25)21(29)27-8-2-3-17(27)11-24/h4-7,14,17-20H,2-3,8-9,12-13,25H2,1H3/t14-,17?,18?,19?,20?/m0/s1. The first-order chi connectivity index (χ1) is 14.4. The van der Waals surface area contributed by atoms with E-state index in [0.29, 0.717) is 31.6 Å². The smallest absolute Gasteiger partial charge is 0.241 e. The summed E-state index contributed by atoms with van der Waals surface area (Å²) >= 11 is 0. The summed E-state index contributed by atoms with van der Waals surface area (Å²) in [5.74, 6) is -0.129. The van der Waals surface area contributed by atoms with E-state index < -0.39 is 6.04 Å². The van der Waals surface area contributed by atoms with Gasteiger partial charge in [0.05, 0.1) is 35.8 Å². The molecule has 2 N–H and O–H groups in total. The van der Waals surface area contributed by atoms with Gasteiger partial charge < -0.3 is 15.5 Å². The Bertz CT molecular complexity index is 917. The number of nitrogens with zero attached hydrogens (tertiary/aromatic N) is 5. The van der Waals surface area contributed by atoms with Crippen molar-refractivity contribution in [2.75, 3.05) is 19.6 Å². The predicted molar refractivity (Wildman–Crippen MR) is 109 cm³/mol. The molecular weight excluding hydrogens is 380 g/mol. The lowest BCUT2D eigenvalue weighted by Gasteiger charge is -2.38. The second-order valence-electron chi connectivity index (χ2n) is 8.44. The Hall–Kier alpha value is -2.94. The van der Waals surface area contributed by atoms with Crippen LogP contribution in [0.2, 0.25) is 0 Å². The first kappa shape index (κ1) is 20.3. The molecule has 156 valence electrons. The second-order valence-corrected chi connectivity index (χ2v) is 8.44. The van der Waals surface area contributed by atoms with Crippen molar-refractivity contribution < 1.29 is 9.59 Å². The molecule has 3 aliphatic rings. The van der Waals surface area contributed by atoms with Crippen molar-refractivity contribution >= 4 is 11.8 Å². The Kier molecular flexibility index (Phi) is 5.46. The number of likely N-dealkylation sites (tertiary alicyclic amines) is 3. The minimum absolute atomic E-state index is 0.0684. The molecule has 4 rings (SSSR count). The molecule has 0 saturated carbocycles. The average molecular weight is 406 g/mol. The zero-order chi connectivity index (χ0) is 21.4. The Morgan fingerprint density at radius 1 is 1.30 bits per heavy atom. The second kappa shape index (κ2) is 8.06. The molecule has 3 fully saturated rings. The van der Waals surface area contributed by atoms with E-state index in [0.717, 1.165) is 18.4 Å². The zero-order valence-corrected chi connectivity index (χ0v) is 17.1. The molecule has 3 saturated heterocycles. The molecule has 0 aliphatic carbocycles. The van der Waals surface area contributed by atoms with Crippen LogP contribution in [-0.2, 0) is 9.59 Å². The normalized spacial score (nSPS) is 27.7. The van der Waals surface area contributed by atoms with Crippen molar-refractivity contribution in [2.24, 2.45) is 5.73 Å². The monoisotopic (exact) mass is 406 g/mol. The Labute approximate surface area is 176 Å². The third kappa shape index (κ3) is 3.43. The summed E-state index contributed by atoms with van der Waals surface area (Å²) < 4.78 is 0. The van der Waals surface area contributed by atoms with Gasteiger partial charge in [0.25, 0.3) is 0 Å². The topological polar surface area (TPSA) is 117 Å². The van der Waals surface area contributed by atoms with E-state index in [2.05, 4.69) is 12.1 Å². The van der Waals surface area contributed by atoms with Crippen LogP contribution in [-0.4, -0.2) is 70.3 Å². The van der Waals surface area contributed by atoms with Crippen molar-refractivity contribution in [3.8, 4) is 12.1 Å². The molecule has 8 nitrogen and oxygen atoms in total. The highest BCUT2D eigenvalue weighted by Crippen LogP contribution is 2.38. The maximum Gasteiger partial charge on any atom is 0.241 e. The number of benzene rings is 1. The number of piperazine rings is 1. The van der Waals surface area contributed by atoms with Gasteiger partial charge >= 0.3 is 0 Å². The van der Waals surface area contributed by atoms with Gasteiger partial charge in [0, 0.05) is 25.7 Å². The highest BCUT2D eigenvalue weighted by atomic mass is 16.2. The fourth-order valence-corrected chi connectivity index (χ4v) is 5.10. The average Bonchev–Trinajstić information content (AvgIpc) is 3.47. The maximum absolute atomic E-state index is 13.1. The summed E-state index contributed by atoms with van der Waals surface area (Å²) in [5, 5.41) is 18.2. The van der Waals surface area contributed by atoms with Gasteiger partial charge in [-0.3, -0.25) is 14.5 Å². The van der Waals surface area contributed by atoms with Crippen molar-refractivity contribution in [2.45, 2.75) is 56.4 Å². The van der Waals surface area contributed by atoms with Crippen LogP contribution in [0.4, 0.5) is 0 Å². The quantitative estimate of drug-likeness (QED) is 0.771. The van der Waals surface area contributed by atoms with E-state index >= 15 is 0 Å². The van der Waals surface area contributed by atoms with Crippen molar-refractivity contribution in [1.29, 1.82) is 10.5 Å². The highest BCUT2D eigenvalue weighted by Gasteiger charge is 2.51. The van der Waals surface area contributed by atoms with Gasteiger partial charge in [0.15, 0.2) is 0 Å². The van der Waals surface area contributed by atoms with Crippen molar-refractivity contribution in [1.82, 2.24) is 14.7 Å². The van der Waals surface area contributed by atoms with Crippen molar-refractivity contribution in [3.63, 3.8) is 0 Å². The van der Waals surface area contributed by atoms with E-state index in [4.69, 9.17) is 11.0 Å². The van der Waals surface area contributed by atoms with Gasteiger partial charge in [-0.05, 0) is 43.9 Å². The van der Waals surface area contributed by atoms with Gasteiger partial charge in [-0.15, -0.1) is 0 Å². The number of rotatable bonds is 5. The van der Waals surface area contributed by atoms with E-state index in [1.54, 1.807) is 17.0 Å².